The lowest BCUT2D eigenvalue weighted by Crippen LogP contribution is -2.38. The first-order valence-electron chi connectivity index (χ1n) is 20.7. The first-order chi connectivity index (χ1) is 32.6. The Morgan fingerprint density at radius 1 is 0.471 bits per heavy atom. The summed E-state index contributed by atoms with van der Waals surface area (Å²) in [5.74, 6) is 0. The molecule has 0 saturated carbocycles. The SMILES string of the molecule is C.C.C.O=S(=O)(c1ccccc1)n1cc(-c2cn[nH]c2)c2cc(Br)cnc21.O=S(=O)(c1ccccc1)n1cc(-c2cnn(C(c3ccccc3)(c3ccccc3)c3ccccc3)c2)c2cc(Br)cnc21. The molecule has 354 valence electrons. The van der Waals surface area contributed by atoms with Crippen LogP contribution in [0.3, 0.4) is 0 Å². The van der Waals surface area contributed by atoms with Crippen molar-refractivity contribution in [2.24, 2.45) is 0 Å². The molecule has 12 nitrogen and oxygen atoms in total. The zero-order chi connectivity index (χ0) is 46.2. The molecule has 6 aromatic heterocycles. The maximum atomic E-state index is 13.8. The van der Waals surface area contributed by atoms with E-state index in [1.165, 1.54) is 7.94 Å². The van der Waals surface area contributed by atoms with Crippen molar-refractivity contribution in [3.05, 3.63) is 239 Å². The van der Waals surface area contributed by atoms with Gasteiger partial charge in [-0.05, 0) is 84.9 Å². The van der Waals surface area contributed by atoms with Crippen molar-refractivity contribution in [3.8, 4) is 22.3 Å². The van der Waals surface area contributed by atoms with Crippen molar-refractivity contribution < 1.29 is 16.8 Å². The third kappa shape index (κ3) is 9.06. The Balaban J connectivity index is 0.000000228. The van der Waals surface area contributed by atoms with Gasteiger partial charge in [-0.15, -0.1) is 0 Å². The summed E-state index contributed by atoms with van der Waals surface area (Å²) in [6.45, 7) is 0. The van der Waals surface area contributed by atoms with Crippen LogP contribution in [-0.2, 0) is 25.6 Å². The highest BCUT2D eigenvalue weighted by atomic mass is 79.9. The van der Waals surface area contributed by atoms with Crippen LogP contribution in [0, 0.1) is 0 Å². The summed E-state index contributed by atoms with van der Waals surface area (Å²) in [6.07, 6.45) is 13.6. The Bertz CT molecular complexity index is 3640. The maximum absolute atomic E-state index is 13.8. The number of aromatic amines is 1. The lowest BCUT2D eigenvalue weighted by atomic mass is 9.77. The minimum atomic E-state index is -3.90. The van der Waals surface area contributed by atoms with E-state index in [-0.39, 0.29) is 32.1 Å². The predicted molar refractivity (Wildman–Crippen MR) is 287 cm³/mol. The average molecular weight is 1100 g/mol. The Labute approximate surface area is 424 Å². The summed E-state index contributed by atoms with van der Waals surface area (Å²) >= 11 is 6.92. The van der Waals surface area contributed by atoms with E-state index in [0.717, 1.165) is 47.7 Å². The van der Waals surface area contributed by atoms with E-state index in [4.69, 9.17) is 5.10 Å². The third-order valence-corrected chi connectivity index (χ3v) is 15.6. The van der Waals surface area contributed by atoms with Gasteiger partial charge >= 0.3 is 0 Å². The van der Waals surface area contributed by atoms with Gasteiger partial charge in [0.2, 0.25) is 0 Å². The zero-order valence-electron chi connectivity index (χ0n) is 35.0. The highest BCUT2D eigenvalue weighted by molar-refractivity contribution is 9.10. The number of hydrogen-bond donors (Lipinski definition) is 1. The topological polar surface area (TPSA) is 150 Å². The highest BCUT2D eigenvalue weighted by Gasteiger charge is 2.39. The van der Waals surface area contributed by atoms with Crippen molar-refractivity contribution in [2.75, 3.05) is 0 Å². The molecular formula is C54H48Br2N8O4S2. The predicted octanol–water partition coefficient (Wildman–Crippen LogP) is 13.1. The van der Waals surface area contributed by atoms with Gasteiger partial charge in [-0.3, -0.25) is 9.78 Å². The molecule has 0 aliphatic heterocycles. The van der Waals surface area contributed by atoms with Gasteiger partial charge in [0.15, 0.2) is 11.3 Å². The minimum absolute atomic E-state index is 0. The van der Waals surface area contributed by atoms with Gasteiger partial charge in [0.1, 0.15) is 5.54 Å². The van der Waals surface area contributed by atoms with Crippen LogP contribution in [0.25, 0.3) is 44.3 Å². The molecule has 0 aliphatic rings. The van der Waals surface area contributed by atoms with E-state index in [9.17, 15) is 16.8 Å². The normalized spacial score (nSPS) is 11.5. The molecule has 11 rings (SSSR count). The minimum Gasteiger partial charge on any atom is -0.285 e. The number of fused-ring (bicyclic) bond motifs is 2. The number of halogens is 2. The third-order valence-electron chi connectivity index (χ3n) is 11.4. The fourth-order valence-corrected chi connectivity index (χ4v) is 11.7. The van der Waals surface area contributed by atoms with Crippen LogP contribution in [0.15, 0.2) is 232 Å². The van der Waals surface area contributed by atoms with Gasteiger partial charge in [0, 0.05) is 79.2 Å². The summed E-state index contributed by atoms with van der Waals surface area (Å²) in [5.41, 5.74) is 6.05. The van der Waals surface area contributed by atoms with Crippen molar-refractivity contribution in [3.63, 3.8) is 0 Å². The fourth-order valence-electron chi connectivity index (χ4n) is 8.32. The van der Waals surface area contributed by atoms with Gasteiger partial charge in [0.05, 0.1) is 22.2 Å². The second-order valence-corrected chi connectivity index (χ2v) is 20.8. The van der Waals surface area contributed by atoms with Crippen molar-refractivity contribution in [2.45, 2.75) is 37.6 Å². The molecule has 0 bridgehead atoms. The summed E-state index contributed by atoms with van der Waals surface area (Å²) in [4.78, 5) is 9.24. The average Bonchev–Trinajstić information content (AvgIpc) is 4.21. The molecule has 0 amide bonds. The van der Waals surface area contributed by atoms with Gasteiger partial charge in [-0.1, -0.05) is 150 Å². The Morgan fingerprint density at radius 2 is 0.857 bits per heavy atom. The molecule has 16 heteroatoms. The Hall–Kier alpha value is -7.24. The second-order valence-electron chi connectivity index (χ2n) is 15.3. The van der Waals surface area contributed by atoms with Crippen molar-refractivity contribution >= 4 is 74.0 Å². The largest absolute Gasteiger partial charge is 0.285 e. The van der Waals surface area contributed by atoms with Crippen LogP contribution >= 0.6 is 31.9 Å². The number of aromatic nitrogens is 8. The first-order valence-corrected chi connectivity index (χ1v) is 25.2. The Kier molecular flexibility index (Phi) is 15.0. The molecule has 5 aromatic carbocycles. The molecule has 0 atom stereocenters. The fraction of sp³-hybridized carbons (Fsp3) is 0.0741. The van der Waals surface area contributed by atoms with Crippen molar-refractivity contribution in [1.29, 1.82) is 0 Å². The summed E-state index contributed by atoms with van der Waals surface area (Å²) in [5, 5.41) is 13.1. The molecule has 0 saturated heterocycles. The smallest absolute Gasteiger partial charge is 0.269 e. The van der Waals surface area contributed by atoms with Gasteiger partial charge in [-0.25, -0.2) is 34.7 Å². The molecule has 70 heavy (non-hydrogen) atoms. The summed E-state index contributed by atoms with van der Waals surface area (Å²) < 4.78 is 59.5. The van der Waals surface area contributed by atoms with Crippen LogP contribution < -0.4 is 0 Å². The highest BCUT2D eigenvalue weighted by Crippen LogP contribution is 2.42. The molecule has 0 spiro atoms. The number of rotatable bonds is 10. The molecule has 0 fully saturated rings. The number of hydrogen-bond acceptors (Lipinski definition) is 8. The Morgan fingerprint density at radius 3 is 1.24 bits per heavy atom. The van der Waals surface area contributed by atoms with Gasteiger partial charge in [-0.2, -0.15) is 10.2 Å². The summed E-state index contributed by atoms with van der Waals surface area (Å²) in [7, 11) is -7.64. The molecule has 0 radical (unpaired) electrons. The number of nitrogens with zero attached hydrogens (tertiary/aromatic N) is 7. The van der Waals surface area contributed by atoms with Crippen LogP contribution in [0.4, 0.5) is 0 Å². The van der Waals surface area contributed by atoms with Crippen LogP contribution in [0.5, 0.6) is 0 Å². The van der Waals surface area contributed by atoms with E-state index < -0.39 is 25.6 Å². The molecule has 0 unspecified atom stereocenters. The monoisotopic (exact) mass is 1090 g/mol. The van der Waals surface area contributed by atoms with Crippen LogP contribution in [0.2, 0.25) is 0 Å². The standard InChI is InChI=1S/C35H25BrN4O2S.C16H11BrN4O2S.3CH4/c36-30-21-32-33(25-39(34(32)37-23-30)43(41,42)31-19-11-4-12-20-31)26-22-38-40(24-26)35(27-13-5-1-6-14-27,28-15-7-2-8-16-28)29-17-9-3-10-18-29;17-12-6-14-15(11-7-19-20-8-11)10-21(16(14)18-9-12)24(22,23)13-4-2-1-3-5-13;;;/h1-25H;1-10H,(H,19,20);3*1H4. The van der Waals surface area contributed by atoms with E-state index in [0.29, 0.717) is 22.2 Å². The lowest BCUT2D eigenvalue weighted by molar-refractivity contribution is 0.460. The number of H-pyrrole nitrogens is 1. The van der Waals surface area contributed by atoms with E-state index in [1.54, 1.807) is 104 Å². The molecular weight excluding hydrogens is 1050 g/mol. The van der Waals surface area contributed by atoms with Crippen LogP contribution in [-0.4, -0.2) is 54.7 Å². The van der Waals surface area contributed by atoms with Crippen LogP contribution in [0.1, 0.15) is 39.0 Å². The lowest BCUT2D eigenvalue weighted by Gasteiger charge is -2.36. The molecule has 0 aliphatic carbocycles. The van der Waals surface area contributed by atoms with Gasteiger partial charge in [0.25, 0.3) is 20.0 Å². The maximum Gasteiger partial charge on any atom is 0.269 e. The quantitative estimate of drug-likeness (QED) is 0.133. The first kappa shape index (κ1) is 50.6. The summed E-state index contributed by atoms with van der Waals surface area (Å²) in [6, 6.07) is 51.3. The van der Waals surface area contributed by atoms with Crippen molar-refractivity contribution in [1.82, 2.24) is 37.9 Å². The van der Waals surface area contributed by atoms with E-state index >= 15 is 0 Å². The number of pyridine rings is 2. The van der Waals surface area contributed by atoms with Gasteiger partial charge < -0.3 is 0 Å². The van der Waals surface area contributed by atoms with E-state index in [1.807, 2.05) is 77.6 Å². The second kappa shape index (κ2) is 20.8. The molecule has 6 heterocycles. The number of nitrogens with one attached hydrogen (secondary N) is 1. The van der Waals surface area contributed by atoms with E-state index in [2.05, 4.69) is 88.4 Å². The zero-order valence-corrected chi connectivity index (χ0v) is 39.8. The molecule has 11 aromatic rings. The molecule has 1 N–H and O–H groups in total. The number of benzene rings is 5.